The molecule has 0 amide bonds. The number of hydrogen-bond donors (Lipinski definition) is 0. The van der Waals surface area contributed by atoms with Crippen LogP contribution in [0.15, 0.2) is 119 Å². The summed E-state index contributed by atoms with van der Waals surface area (Å²) in [5, 5.41) is 0. The predicted octanol–water partition coefficient (Wildman–Crippen LogP) is 8.89. The summed E-state index contributed by atoms with van der Waals surface area (Å²) in [6.07, 6.45) is 32.0. The standard InChI is InChI=1S/C30H40O/c1-25(2)14-10-17-28(5)19-12-21-29(6)20-11-18-26(3)15-8-9-16-27(4)22-13-23-30(7)24-31/h8-9,11-16,18-24H,10,17H2,1-7H3. The zero-order valence-corrected chi connectivity index (χ0v) is 20.5. The first-order chi connectivity index (χ1) is 14.7. The fraction of sp³-hybridized carbons (Fsp3) is 0.300. The number of carbonyl (C=O) groups excluding carboxylic acids is 1. The molecule has 0 fully saturated rings. The minimum atomic E-state index is 0.714. The molecule has 0 N–H and O–H groups in total. The Morgan fingerprint density at radius 1 is 0.548 bits per heavy atom. The van der Waals surface area contributed by atoms with Gasteiger partial charge in [0.05, 0.1) is 0 Å². The van der Waals surface area contributed by atoms with Crippen molar-refractivity contribution >= 4 is 6.29 Å². The summed E-state index contributed by atoms with van der Waals surface area (Å²) in [5.74, 6) is 0. The maximum absolute atomic E-state index is 10.5. The molecule has 0 aliphatic rings. The van der Waals surface area contributed by atoms with Crippen molar-refractivity contribution in [3.8, 4) is 0 Å². The molecule has 0 aromatic carbocycles. The highest BCUT2D eigenvalue weighted by Gasteiger charge is 1.87. The quantitative estimate of drug-likeness (QED) is 0.134. The largest absolute Gasteiger partial charge is 0.298 e. The van der Waals surface area contributed by atoms with Crippen LogP contribution in [-0.2, 0) is 4.79 Å². The Bertz CT molecular complexity index is 852. The van der Waals surface area contributed by atoms with Gasteiger partial charge in [0.25, 0.3) is 0 Å². The summed E-state index contributed by atoms with van der Waals surface area (Å²) >= 11 is 0. The van der Waals surface area contributed by atoms with E-state index in [4.69, 9.17) is 0 Å². The van der Waals surface area contributed by atoms with Crippen LogP contribution in [0.4, 0.5) is 0 Å². The molecular weight excluding hydrogens is 376 g/mol. The van der Waals surface area contributed by atoms with E-state index in [1.54, 1.807) is 13.0 Å². The smallest absolute Gasteiger partial charge is 0.145 e. The number of allylic oxidation sites excluding steroid dienone is 20. The minimum Gasteiger partial charge on any atom is -0.298 e. The summed E-state index contributed by atoms with van der Waals surface area (Å²) in [4.78, 5) is 10.5. The molecule has 0 aliphatic heterocycles. The van der Waals surface area contributed by atoms with Crippen LogP contribution in [-0.4, -0.2) is 6.29 Å². The van der Waals surface area contributed by atoms with Gasteiger partial charge in [-0.3, -0.25) is 4.79 Å². The van der Waals surface area contributed by atoms with E-state index < -0.39 is 0 Å². The number of carbonyl (C=O) groups is 1. The third-order valence-electron chi connectivity index (χ3n) is 4.28. The van der Waals surface area contributed by atoms with Crippen molar-refractivity contribution in [1.82, 2.24) is 0 Å². The van der Waals surface area contributed by atoms with E-state index in [1.165, 1.54) is 22.3 Å². The average molecular weight is 417 g/mol. The van der Waals surface area contributed by atoms with Crippen molar-refractivity contribution in [3.05, 3.63) is 119 Å². The van der Waals surface area contributed by atoms with Crippen molar-refractivity contribution in [3.63, 3.8) is 0 Å². The zero-order valence-electron chi connectivity index (χ0n) is 20.5. The van der Waals surface area contributed by atoms with Crippen LogP contribution >= 0.6 is 0 Å². The summed E-state index contributed by atoms with van der Waals surface area (Å²) in [6.45, 7) is 14.5. The average Bonchev–Trinajstić information content (AvgIpc) is 2.70. The molecule has 166 valence electrons. The topological polar surface area (TPSA) is 17.1 Å². The predicted molar refractivity (Wildman–Crippen MR) is 140 cm³/mol. The first-order valence-electron chi connectivity index (χ1n) is 10.9. The van der Waals surface area contributed by atoms with Crippen molar-refractivity contribution in [2.45, 2.75) is 61.3 Å². The molecule has 0 saturated carbocycles. The van der Waals surface area contributed by atoms with Crippen LogP contribution in [0.5, 0.6) is 0 Å². The van der Waals surface area contributed by atoms with Gasteiger partial charge in [-0.15, -0.1) is 0 Å². The van der Waals surface area contributed by atoms with Crippen molar-refractivity contribution in [2.75, 3.05) is 0 Å². The molecular formula is C30H40O. The van der Waals surface area contributed by atoms with Crippen LogP contribution in [0.1, 0.15) is 61.3 Å². The van der Waals surface area contributed by atoms with E-state index in [1.807, 2.05) is 37.3 Å². The summed E-state index contributed by atoms with van der Waals surface area (Å²) in [5.41, 5.74) is 7.02. The van der Waals surface area contributed by atoms with E-state index in [0.717, 1.165) is 24.7 Å². The van der Waals surface area contributed by atoms with Gasteiger partial charge in [-0.25, -0.2) is 0 Å². The molecule has 0 saturated heterocycles. The Balaban J connectivity index is 4.62. The highest BCUT2D eigenvalue weighted by atomic mass is 16.1. The molecule has 0 radical (unpaired) electrons. The summed E-state index contributed by atoms with van der Waals surface area (Å²) in [6, 6.07) is 0. The third-order valence-corrected chi connectivity index (χ3v) is 4.28. The molecule has 0 aromatic rings. The van der Waals surface area contributed by atoms with Gasteiger partial charge in [-0.2, -0.15) is 0 Å². The Labute approximate surface area is 191 Å². The molecule has 0 spiro atoms. The summed E-state index contributed by atoms with van der Waals surface area (Å²) < 4.78 is 0. The molecule has 0 unspecified atom stereocenters. The molecule has 0 aromatic heterocycles. The van der Waals surface area contributed by atoms with E-state index >= 15 is 0 Å². The number of aldehydes is 1. The fourth-order valence-corrected chi connectivity index (χ4v) is 2.36. The lowest BCUT2D eigenvalue weighted by molar-refractivity contribution is -0.104. The van der Waals surface area contributed by atoms with Gasteiger partial charge in [-0.1, -0.05) is 113 Å². The molecule has 1 heteroatoms. The van der Waals surface area contributed by atoms with Crippen molar-refractivity contribution in [1.29, 1.82) is 0 Å². The SMILES string of the molecule is CC(C)=CCCC(C)=CC=CC(C)=CC=CC(C)=CC=CC=C(C)C=CC=C(C)C=O. The molecule has 0 atom stereocenters. The molecule has 1 nitrogen and oxygen atoms in total. The van der Waals surface area contributed by atoms with Crippen molar-refractivity contribution in [2.24, 2.45) is 0 Å². The molecule has 31 heavy (non-hydrogen) atoms. The third kappa shape index (κ3) is 18.8. The van der Waals surface area contributed by atoms with E-state index in [9.17, 15) is 4.79 Å². The van der Waals surface area contributed by atoms with Gasteiger partial charge >= 0.3 is 0 Å². The highest BCUT2D eigenvalue weighted by molar-refractivity contribution is 5.72. The second-order valence-electron chi connectivity index (χ2n) is 8.06. The second kappa shape index (κ2) is 17.9. The lowest BCUT2D eigenvalue weighted by Gasteiger charge is -1.96. The normalized spacial score (nSPS) is 15.1. The first kappa shape index (κ1) is 28.1. The number of hydrogen-bond acceptors (Lipinski definition) is 1. The maximum Gasteiger partial charge on any atom is 0.145 e. The minimum absolute atomic E-state index is 0.714. The van der Waals surface area contributed by atoms with Gasteiger partial charge in [0.2, 0.25) is 0 Å². The fourth-order valence-electron chi connectivity index (χ4n) is 2.36. The Hall–Kier alpha value is -2.93. The Morgan fingerprint density at radius 3 is 1.42 bits per heavy atom. The molecule has 0 aliphatic carbocycles. The van der Waals surface area contributed by atoms with E-state index in [-0.39, 0.29) is 0 Å². The van der Waals surface area contributed by atoms with Gasteiger partial charge < -0.3 is 0 Å². The zero-order chi connectivity index (χ0) is 23.5. The molecule has 0 rings (SSSR count). The van der Waals surface area contributed by atoms with Gasteiger partial charge in [0.15, 0.2) is 0 Å². The Morgan fingerprint density at radius 2 is 0.968 bits per heavy atom. The van der Waals surface area contributed by atoms with Crippen LogP contribution in [0.2, 0.25) is 0 Å². The van der Waals surface area contributed by atoms with Crippen LogP contribution in [0, 0.1) is 0 Å². The van der Waals surface area contributed by atoms with E-state index in [0.29, 0.717) is 5.57 Å². The number of rotatable bonds is 12. The lowest BCUT2D eigenvalue weighted by atomic mass is 10.1. The van der Waals surface area contributed by atoms with Gasteiger partial charge in [0.1, 0.15) is 6.29 Å². The molecule has 0 heterocycles. The van der Waals surface area contributed by atoms with Gasteiger partial charge in [-0.05, 0) is 66.9 Å². The monoisotopic (exact) mass is 416 g/mol. The first-order valence-corrected chi connectivity index (χ1v) is 10.9. The highest BCUT2D eigenvalue weighted by Crippen LogP contribution is 2.07. The van der Waals surface area contributed by atoms with E-state index in [2.05, 4.69) is 83.2 Å². The van der Waals surface area contributed by atoms with Gasteiger partial charge in [0, 0.05) is 0 Å². The van der Waals surface area contributed by atoms with Crippen molar-refractivity contribution < 1.29 is 4.79 Å². The second-order valence-corrected chi connectivity index (χ2v) is 8.06. The van der Waals surface area contributed by atoms with Crippen LogP contribution in [0.3, 0.4) is 0 Å². The lowest BCUT2D eigenvalue weighted by Crippen LogP contribution is -1.76. The Kier molecular flexibility index (Phi) is 16.2. The van der Waals surface area contributed by atoms with Crippen LogP contribution in [0.25, 0.3) is 0 Å². The summed E-state index contributed by atoms with van der Waals surface area (Å²) in [7, 11) is 0. The van der Waals surface area contributed by atoms with Crippen LogP contribution < -0.4 is 0 Å². The molecule has 0 bridgehead atoms. The maximum atomic E-state index is 10.5.